The molecule has 24 heavy (non-hydrogen) atoms. The fourth-order valence-corrected chi connectivity index (χ4v) is 3.82. The standard InChI is InChI=1S/C16H20N4O3S/c1-23-15(22)12-5-10(7-18-12)13-8-24-16(19-13)20-14(21)11-4-2-3-9(11)6-17/h5,7-9,11,18H,2-4,6,17H2,1H3,(H,19,20,21)/t9-,11-/m1/s1. The van der Waals surface area contributed by atoms with Crippen LogP contribution in [0, 0.1) is 11.8 Å². The molecule has 0 aliphatic heterocycles. The zero-order valence-electron chi connectivity index (χ0n) is 13.4. The van der Waals surface area contributed by atoms with Crippen LogP contribution in [-0.4, -0.2) is 35.5 Å². The first kappa shape index (κ1) is 16.7. The van der Waals surface area contributed by atoms with Crippen LogP contribution in [0.3, 0.4) is 0 Å². The number of aromatic amines is 1. The van der Waals surface area contributed by atoms with Crippen LogP contribution >= 0.6 is 11.3 Å². The second-order valence-corrected chi connectivity index (χ2v) is 6.71. The number of methoxy groups -OCH3 is 1. The lowest BCUT2D eigenvalue weighted by Gasteiger charge is -2.16. The Labute approximate surface area is 143 Å². The van der Waals surface area contributed by atoms with Gasteiger partial charge in [-0.3, -0.25) is 4.79 Å². The fourth-order valence-electron chi connectivity index (χ4n) is 3.10. The minimum absolute atomic E-state index is 0.00633. The summed E-state index contributed by atoms with van der Waals surface area (Å²) < 4.78 is 4.67. The van der Waals surface area contributed by atoms with Crippen molar-refractivity contribution < 1.29 is 14.3 Å². The monoisotopic (exact) mass is 348 g/mol. The maximum absolute atomic E-state index is 12.4. The summed E-state index contributed by atoms with van der Waals surface area (Å²) in [7, 11) is 1.33. The predicted octanol–water partition coefficient (Wildman–Crippen LogP) is 2.24. The normalized spacial score (nSPS) is 20.1. The number of anilines is 1. The number of nitrogens with two attached hydrogens (primary N) is 1. The van der Waals surface area contributed by atoms with Gasteiger partial charge in [0, 0.05) is 23.1 Å². The molecule has 2 atom stereocenters. The minimum atomic E-state index is -0.431. The topological polar surface area (TPSA) is 110 Å². The van der Waals surface area contributed by atoms with Crippen molar-refractivity contribution in [3.05, 3.63) is 23.3 Å². The summed E-state index contributed by atoms with van der Waals surface area (Å²) in [5, 5.41) is 5.29. The Morgan fingerprint density at radius 1 is 1.50 bits per heavy atom. The van der Waals surface area contributed by atoms with E-state index in [9.17, 15) is 9.59 Å². The maximum Gasteiger partial charge on any atom is 0.354 e. The summed E-state index contributed by atoms with van der Waals surface area (Å²) >= 11 is 1.36. The average Bonchev–Trinajstić information content (AvgIpc) is 3.32. The number of carbonyl (C=O) groups excluding carboxylic acids is 2. The van der Waals surface area contributed by atoms with E-state index in [4.69, 9.17) is 5.73 Å². The lowest BCUT2D eigenvalue weighted by Crippen LogP contribution is -2.29. The highest BCUT2D eigenvalue weighted by Gasteiger charge is 2.32. The van der Waals surface area contributed by atoms with Crippen molar-refractivity contribution in [3.8, 4) is 11.3 Å². The Morgan fingerprint density at radius 2 is 2.33 bits per heavy atom. The molecule has 0 unspecified atom stereocenters. The molecule has 1 saturated carbocycles. The number of carbonyl (C=O) groups is 2. The maximum atomic E-state index is 12.4. The highest BCUT2D eigenvalue weighted by atomic mass is 32.1. The molecule has 8 heteroatoms. The van der Waals surface area contributed by atoms with E-state index in [0.717, 1.165) is 24.8 Å². The number of H-pyrrole nitrogens is 1. The van der Waals surface area contributed by atoms with E-state index in [1.165, 1.54) is 18.4 Å². The Hall–Kier alpha value is -2.19. The number of aromatic nitrogens is 2. The van der Waals surface area contributed by atoms with Gasteiger partial charge in [0.25, 0.3) is 0 Å². The number of hydrogen-bond donors (Lipinski definition) is 3. The van der Waals surface area contributed by atoms with Gasteiger partial charge in [-0.2, -0.15) is 0 Å². The first-order valence-electron chi connectivity index (χ1n) is 7.86. The fraction of sp³-hybridized carbons (Fsp3) is 0.438. The van der Waals surface area contributed by atoms with Crippen molar-refractivity contribution in [3.63, 3.8) is 0 Å². The summed E-state index contributed by atoms with van der Waals surface area (Å²) in [5.74, 6) is -0.204. The largest absolute Gasteiger partial charge is 0.464 e. The third-order valence-corrected chi connectivity index (χ3v) is 5.17. The molecule has 1 aliphatic rings. The summed E-state index contributed by atoms with van der Waals surface area (Å²) in [6.07, 6.45) is 4.63. The van der Waals surface area contributed by atoms with Gasteiger partial charge in [-0.05, 0) is 31.4 Å². The number of nitrogens with one attached hydrogen (secondary N) is 2. The third-order valence-electron chi connectivity index (χ3n) is 4.42. The van der Waals surface area contributed by atoms with Crippen molar-refractivity contribution in [2.75, 3.05) is 19.0 Å². The molecular weight excluding hydrogens is 328 g/mol. The van der Waals surface area contributed by atoms with Gasteiger partial charge in [0.05, 0.1) is 12.8 Å². The molecule has 3 rings (SSSR count). The first-order valence-corrected chi connectivity index (χ1v) is 8.74. The molecule has 7 nitrogen and oxygen atoms in total. The van der Waals surface area contributed by atoms with Gasteiger partial charge >= 0.3 is 5.97 Å². The van der Waals surface area contributed by atoms with E-state index in [1.807, 2.05) is 5.38 Å². The average molecular weight is 348 g/mol. The lowest BCUT2D eigenvalue weighted by molar-refractivity contribution is -0.120. The van der Waals surface area contributed by atoms with Crippen molar-refractivity contribution in [2.45, 2.75) is 19.3 Å². The van der Waals surface area contributed by atoms with Crippen molar-refractivity contribution in [1.29, 1.82) is 0 Å². The molecule has 0 saturated heterocycles. The molecule has 1 aliphatic carbocycles. The quantitative estimate of drug-likeness (QED) is 0.718. The first-order chi connectivity index (χ1) is 11.6. The van der Waals surface area contributed by atoms with Crippen molar-refractivity contribution in [2.24, 2.45) is 17.6 Å². The number of rotatable bonds is 5. The van der Waals surface area contributed by atoms with Gasteiger partial charge < -0.3 is 20.8 Å². The summed E-state index contributed by atoms with van der Waals surface area (Å²) in [5.41, 5.74) is 7.57. The Morgan fingerprint density at radius 3 is 3.08 bits per heavy atom. The van der Waals surface area contributed by atoms with E-state index in [2.05, 4.69) is 20.0 Å². The number of esters is 1. The van der Waals surface area contributed by atoms with Gasteiger partial charge in [-0.15, -0.1) is 11.3 Å². The molecule has 2 aromatic rings. The summed E-state index contributed by atoms with van der Waals surface area (Å²) in [4.78, 5) is 31.1. The second-order valence-electron chi connectivity index (χ2n) is 5.85. The van der Waals surface area contributed by atoms with Gasteiger partial charge in [0.2, 0.25) is 5.91 Å². The van der Waals surface area contributed by atoms with Crippen LogP contribution < -0.4 is 11.1 Å². The van der Waals surface area contributed by atoms with Gasteiger partial charge in [0.1, 0.15) is 5.69 Å². The molecule has 2 aromatic heterocycles. The van der Waals surface area contributed by atoms with Crippen LogP contribution in [0.4, 0.5) is 5.13 Å². The van der Waals surface area contributed by atoms with E-state index in [1.54, 1.807) is 12.3 Å². The second kappa shape index (κ2) is 7.14. The summed E-state index contributed by atoms with van der Waals surface area (Å²) in [6.45, 7) is 0.543. The molecule has 0 radical (unpaired) electrons. The van der Waals surface area contributed by atoms with E-state index >= 15 is 0 Å². The number of nitrogens with zero attached hydrogens (tertiary/aromatic N) is 1. The zero-order chi connectivity index (χ0) is 17.1. The Balaban J connectivity index is 1.68. The number of thiazole rings is 1. The molecule has 1 amide bonds. The Bertz CT molecular complexity index is 739. The van der Waals surface area contributed by atoms with Crippen LogP contribution in [0.15, 0.2) is 17.6 Å². The van der Waals surface area contributed by atoms with Crippen LogP contribution in [0.2, 0.25) is 0 Å². The van der Waals surface area contributed by atoms with Gasteiger partial charge in [-0.25, -0.2) is 9.78 Å². The minimum Gasteiger partial charge on any atom is -0.464 e. The molecule has 0 aromatic carbocycles. The highest BCUT2D eigenvalue weighted by Crippen LogP contribution is 2.33. The smallest absolute Gasteiger partial charge is 0.354 e. The predicted molar refractivity (Wildman–Crippen MR) is 91.8 cm³/mol. The van der Waals surface area contributed by atoms with Crippen LogP contribution in [0.25, 0.3) is 11.3 Å². The molecule has 1 fully saturated rings. The number of hydrogen-bond acceptors (Lipinski definition) is 6. The van der Waals surface area contributed by atoms with Gasteiger partial charge in [0.15, 0.2) is 5.13 Å². The zero-order valence-corrected chi connectivity index (χ0v) is 14.2. The van der Waals surface area contributed by atoms with Crippen molar-refractivity contribution in [1.82, 2.24) is 9.97 Å². The lowest BCUT2D eigenvalue weighted by atomic mass is 9.95. The van der Waals surface area contributed by atoms with Crippen molar-refractivity contribution >= 4 is 28.3 Å². The van der Waals surface area contributed by atoms with Gasteiger partial charge in [-0.1, -0.05) is 6.42 Å². The molecule has 0 bridgehead atoms. The van der Waals surface area contributed by atoms with E-state index in [0.29, 0.717) is 23.1 Å². The van der Waals surface area contributed by atoms with E-state index < -0.39 is 5.97 Å². The number of amides is 1. The molecular formula is C16H20N4O3S. The highest BCUT2D eigenvalue weighted by molar-refractivity contribution is 7.14. The van der Waals surface area contributed by atoms with Crippen LogP contribution in [-0.2, 0) is 9.53 Å². The SMILES string of the molecule is COC(=O)c1cc(-c2csc(NC(=O)[C@@H]3CCC[C@@H]3CN)n2)c[nH]1. The van der Waals surface area contributed by atoms with Crippen LogP contribution in [0.5, 0.6) is 0 Å². The van der Waals surface area contributed by atoms with E-state index in [-0.39, 0.29) is 17.7 Å². The molecule has 2 heterocycles. The van der Waals surface area contributed by atoms with Crippen LogP contribution in [0.1, 0.15) is 29.8 Å². The molecule has 128 valence electrons. The Kier molecular flexibility index (Phi) is 4.96. The molecule has 4 N–H and O–H groups in total. The third kappa shape index (κ3) is 3.34. The summed E-state index contributed by atoms with van der Waals surface area (Å²) in [6, 6.07) is 1.67. The number of ether oxygens (including phenoxy) is 1. The molecule has 0 spiro atoms.